The summed E-state index contributed by atoms with van der Waals surface area (Å²) in [5.41, 5.74) is 1.63. The van der Waals surface area contributed by atoms with E-state index in [0.29, 0.717) is 41.4 Å². The summed E-state index contributed by atoms with van der Waals surface area (Å²) < 4.78 is 30.7. The van der Waals surface area contributed by atoms with Crippen LogP contribution in [0.1, 0.15) is 31.7 Å². The van der Waals surface area contributed by atoms with E-state index in [9.17, 15) is 5.11 Å². The van der Waals surface area contributed by atoms with E-state index in [2.05, 4.69) is 25.4 Å². The van der Waals surface area contributed by atoms with Crippen molar-refractivity contribution in [2.75, 3.05) is 36.0 Å². The molecule has 1 unspecified atom stereocenters. The second-order valence-corrected chi connectivity index (χ2v) is 7.93. The van der Waals surface area contributed by atoms with Crippen LogP contribution < -0.4 is 15.1 Å². The zero-order chi connectivity index (χ0) is 20.0. The van der Waals surface area contributed by atoms with Gasteiger partial charge in [-0.25, -0.2) is 8.78 Å². The van der Waals surface area contributed by atoms with E-state index in [0.717, 1.165) is 32.4 Å². The van der Waals surface area contributed by atoms with Crippen LogP contribution in [0.5, 0.6) is 0 Å². The molecule has 1 aromatic carbocycles. The molecule has 0 amide bonds. The Balaban J connectivity index is 1.73. The van der Waals surface area contributed by atoms with Gasteiger partial charge in [0.1, 0.15) is 17.3 Å². The summed E-state index contributed by atoms with van der Waals surface area (Å²) in [7, 11) is 0. The third kappa shape index (κ3) is 3.20. The largest absolute Gasteiger partial charge is 0.508 e. The van der Waals surface area contributed by atoms with Crippen molar-refractivity contribution >= 4 is 16.9 Å². The van der Waals surface area contributed by atoms with E-state index in [-0.39, 0.29) is 17.5 Å². The minimum atomic E-state index is -0.581. The maximum atomic E-state index is 15.7. The van der Waals surface area contributed by atoms with Crippen LogP contribution in [0.3, 0.4) is 0 Å². The summed E-state index contributed by atoms with van der Waals surface area (Å²) in [6.07, 6.45) is 4.49. The van der Waals surface area contributed by atoms with Gasteiger partial charge in [-0.05, 0) is 49.9 Å². The molecule has 2 fully saturated rings. The van der Waals surface area contributed by atoms with Crippen molar-refractivity contribution in [1.29, 1.82) is 0 Å². The Morgan fingerprint density at radius 2 is 2.04 bits per heavy atom. The van der Waals surface area contributed by atoms with Gasteiger partial charge in [0.2, 0.25) is 0 Å². The van der Waals surface area contributed by atoms with Gasteiger partial charge in [0.05, 0.1) is 5.69 Å². The number of hydrogen-bond donors (Lipinski definition) is 2. The summed E-state index contributed by atoms with van der Waals surface area (Å²) in [6, 6.07) is 1.52. The van der Waals surface area contributed by atoms with Crippen molar-refractivity contribution in [3.05, 3.63) is 54.0 Å². The van der Waals surface area contributed by atoms with Gasteiger partial charge in [0, 0.05) is 36.5 Å². The Kier molecular flexibility index (Phi) is 4.91. The minimum Gasteiger partial charge on any atom is -0.508 e. The molecule has 1 saturated carbocycles. The van der Waals surface area contributed by atoms with Crippen molar-refractivity contribution in [2.24, 2.45) is 5.92 Å². The zero-order valence-electron chi connectivity index (χ0n) is 16.3. The molecule has 2 heterocycles. The highest BCUT2D eigenvalue weighted by Gasteiger charge is 2.38. The molecular weight excluding hydrogens is 360 g/mol. The molecule has 1 aliphatic carbocycles. The lowest BCUT2D eigenvalue weighted by Crippen LogP contribution is -2.30. The molecule has 2 aliphatic heterocycles. The Labute approximate surface area is 164 Å². The SMILES string of the molecule is C=C(O)C1=CN(C2CC2)c2c(cc(F)c(N3CCC(CNCC)C3)c2F)C1=C. The highest BCUT2D eigenvalue weighted by atomic mass is 19.1. The first-order chi connectivity index (χ1) is 13.4. The minimum absolute atomic E-state index is 0.0517. The number of nitrogens with zero attached hydrogens (tertiary/aromatic N) is 2. The van der Waals surface area contributed by atoms with Crippen LogP contribution in [0.25, 0.3) is 5.57 Å². The van der Waals surface area contributed by atoms with Gasteiger partial charge in [-0.15, -0.1) is 0 Å². The highest BCUT2D eigenvalue weighted by molar-refractivity contribution is 5.93. The molecule has 2 N–H and O–H groups in total. The Hall–Kier alpha value is -2.34. The van der Waals surface area contributed by atoms with Crippen LogP contribution in [0.15, 0.2) is 36.8 Å². The van der Waals surface area contributed by atoms with E-state index < -0.39 is 11.6 Å². The van der Waals surface area contributed by atoms with Crippen LogP contribution >= 0.6 is 0 Å². The lowest BCUT2D eigenvalue weighted by atomic mass is 9.92. The number of nitrogens with one attached hydrogen (secondary N) is 1. The molecule has 0 aromatic heterocycles. The first-order valence-corrected chi connectivity index (χ1v) is 9.98. The maximum Gasteiger partial charge on any atom is 0.173 e. The number of anilines is 2. The van der Waals surface area contributed by atoms with Crippen LogP contribution in [0.4, 0.5) is 20.2 Å². The third-order valence-electron chi connectivity index (χ3n) is 5.88. The molecule has 6 heteroatoms. The van der Waals surface area contributed by atoms with Gasteiger partial charge in [-0.2, -0.15) is 0 Å². The van der Waals surface area contributed by atoms with Crippen molar-refractivity contribution < 1.29 is 13.9 Å². The summed E-state index contributed by atoms with van der Waals surface area (Å²) in [5.74, 6) is -0.876. The molecule has 4 nitrogen and oxygen atoms in total. The summed E-state index contributed by atoms with van der Waals surface area (Å²) >= 11 is 0. The lowest BCUT2D eigenvalue weighted by molar-refractivity contribution is 0.429. The molecule has 1 saturated heterocycles. The number of aliphatic hydroxyl groups is 1. The fourth-order valence-corrected chi connectivity index (χ4v) is 4.24. The fourth-order valence-electron chi connectivity index (χ4n) is 4.24. The molecule has 4 rings (SSSR count). The molecule has 1 aromatic rings. The van der Waals surface area contributed by atoms with E-state index in [4.69, 9.17) is 0 Å². The maximum absolute atomic E-state index is 15.7. The van der Waals surface area contributed by atoms with Gasteiger partial charge in [-0.1, -0.05) is 20.1 Å². The van der Waals surface area contributed by atoms with Crippen molar-refractivity contribution in [1.82, 2.24) is 5.32 Å². The predicted molar refractivity (Wildman–Crippen MR) is 110 cm³/mol. The van der Waals surface area contributed by atoms with Crippen LogP contribution in [-0.2, 0) is 0 Å². The first kappa shape index (κ1) is 19.0. The average molecular weight is 387 g/mol. The molecule has 28 heavy (non-hydrogen) atoms. The number of rotatable bonds is 6. The number of benzene rings is 1. The monoisotopic (exact) mass is 387 g/mol. The zero-order valence-corrected chi connectivity index (χ0v) is 16.3. The van der Waals surface area contributed by atoms with Crippen molar-refractivity contribution in [2.45, 2.75) is 32.2 Å². The van der Waals surface area contributed by atoms with Crippen LogP contribution in [-0.4, -0.2) is 37.3 Å². The smallest absolute Gasteiger partial charge is 0.173 e. The molecule has 150 valence electrons. The van der Waals surface area contributed by atoms with Crippen LogP contribution in [0, 0.1) is 17.6 Å². The highest BCUT2D eigenvalue weighted by Crippen LogP contribution is 2.47. The summed E-state index contributed by atoms with van der Waals surface area (Å²) in [6.45, 7) is 12.6. The molecular formula is C22H27F2N3O. The Morgan fingerprint density at radius 3 is 2.68 bits per heavy atom. The molecule has 3 aliphatic rings. The summed E-state index contributed by atoms with van der Waals surface area (Å²) in [4.78, 5) is 3.65. The first-order valence-electron chi connectivity index (χ1n) is 9.98. The van der Waals surface area contributed by atoms with E-state index in [1.54, 1.807) is 6.20 Å². The Bertz CT molecular complexity index is 860. The molecule has 0 bridgehead atoms. The lowest BCUT2D eigenvalue weighted by Gasteiger charge is -2.33. The molecule has 0 radical (unpaired) electrons. The quantitative estimate of drug-likeness (QED) is 0.712. The average Bonchev–Trinajstić information content (AvgIpc) is 3.39. The topological polar surface area (TPSA) is 38.7 Å². The normalized spacial score (nSPS) is 21.8. The predicted octanol–water partition coefficient (Wildman–Crippen LogP) is 4.35. The van der Waals surface area contributed by atoms with Gasteiger partial charge in [0.25, 0.3) is 0 Å². The van der Waals surface area contributed by atoms with Gasteiger partial charge in [0.15, 0.2) is 5.82 Å². The standard InChI is InChI=1S/C22H27F2N3O/c1-4-25-10-15-7-8-26(11-15)22-19(23)9-17-13(2)18(14(3)28)12-27(16-5-6-16)21(17)20(22)24/h9,12,15-16,25,28H,2-8,10-11H2,1H3. The van der Waals surface area contributed by atoms with Crippen molar-refractivity contribution in [3.63, 3.8) is 0 Å². The number of halogens is 2. The van der Waals surface area contributed by atoms with Crippen LogP contribution in [0.2, 0.25) is 0 Å². The number of allylic oxidation sites excluding steroid dienone is 1. The third-order valence-corrected chi connectivity index (χ3v) is 5.88. The molecule has 1 atom stereocenters. The number of hydrogen-bond acceptors (Lipinski definition) is 4. The van der Waals surface area contributed by atoms with Gasteiger partial charge in [-0.3, -0.25) is 0 Å². The second kappa shape index (κ2) is 7.24. The van der Waals surface area contributed by atoms with Gasteiger partial charge < -0.3 is 20.2 Å². The molecule has 0 spiro atoms. The van der Waals surface area contributed by atoms with E-state index in [1.165, 1.54) is 6.07 Å². The van der Waals surface area contributed by atoms with E-state index in [1.807, 2.05) is 9.80 Å². The second-order valence-electron chi connectivity index (χ2n) is 7.93. The number of fused-ring (bicyclic) bond motifs is 1. The Morgan fingerprint density at radius 1 is 1.29 bits per heavy atom. The fraction of sp³-hybridized carbons (Fsp3) is 0.455. The summed E-state index contributed by atoms with van der Waals surface area (Å²) in [5, 5.41) is 13.2. The number of aliphatic hydroxyl groups excluding tert-OH is 1. The van der Waals surface area contributed by atoms with E-state index >= 15 is 8.78 Å². The van der Waals surface area contributed by atoms with Gasteiger partial charge >= 0.3 is 0 Å². The van der Waals surface area contributed by atoms with Crippen molar-refractivity contribution in [3.8, 4) is 0 Å².